The van der Waals surface area contributed by atoms with Gasteiger partial charge >= 0.3 is 5.97 Å². The Labute approximate surface area is 104 Å². The lowest BCUT2D eigenvalue weighted by Gasteiger charge is -2.44. The number of carbonyl (C=O) groups is 1. The predicted molar refractivity (Wildman–Crippen MR) is 58.1 cm³/mol. The van der Waals surface area contributed by atoms with E-state index in [0.717, 1.165) is 0 Å². The van der Waals surface area contributed by atoms with E-state index in [1.165, 1.54) is 0 Å². The summed E-state index contributed by atoms with van der Waals surface area (Å²) in [6.45, 7) is 4.07. The average molecular weight is 256 g/mol. The molecule has 3 rings (SSSR count). The highest BCUT2D eigenvalue weighted by molar-refractivity contribution is 5.90. The summed E-state index contributed by atoms with van der Waals surface area (Å²) in [5.41, 5.74) is 0.454. The van der Waals surface area contributed by atoms with Crippen molar-refractivity contribution in [3.8, 4) is 0 Å². The lowest BCUT2D eigenvalue weighted by Crippen LogP contribution is -2.55. The van der Waals surface area contributed by atoms with Gasteiger partial charge in [0.05, 0.1) is 24.9 Å². The summed E-state index contributed by atoms with van der Waals surface area (Å²) in [6.07, 6.45) is -0.681. The molecule has 0 saturated carbocycles. The summed E-state index contributed by atoms with van der Waals surface area (Å²) >= 11 is 0. The van der Waals surface area contributed by atoms with Gasteiger partial charge in [-0.1, -0.05) is 0 Å². The van der Waals surface area contributed by atoms with Crippen molar-refractivity contribution in [3.63, 3.8) is 0 Å². The molecule has 6 heteroatoms. The molecule has 4 atom stereocenters. The molecule has 0 aliphatic carbocycles. The maximum atomic E-state index is 11.9. The first-order chi connectivity index (χ1) is 8.55. The fraction of sp³-hybridized carbons (Fsp3) is 0.750. The summed E-state index contributed by atoms with van der Waals surface area (Å²) in [5.74, 6) is -1.73. The molecule has 2 saturated heterocycles. The normalized spacial score (nSPS) is 41.6. The third-order valence-electron chi connectivity index (χ3n) is 3.61. The largest absolute Gasteiger partial charge is 0.463 e. The van der Waals surface area contributed by atoms with Crippen LogP contribution in [-0.4, -0.2) is 42.5 Å². The summed E-state index contributed by atoms with van der Waals surface area (Å²) in [7, 11) is 0. The number of rotatable bonds is 2. The van der Waals surface area contributed by atoms with Crippen molar-refractivity contribution >= 4 is 5.97 Å². The number of ether oxygens (including phenoxy) is 4. The van der Waals surface area contributed by atoms with E-state index < -0.39 is 18.0 Å². The molecule has 0 radical (unpaired) electrons. The van der Waals surface area contributed by atoms with Gasteiger partial charge in [-0.25, -0.2) is 4.79 Å². The van der Waals surface area contributed by atoms with Crippen LogP contribution in [-0.2, 0) is 23.7 Å². The minimum atomic E-state index is -1.49. The van der Waals surface area contributed by atoms with Crippen molar-refractivity contribution in [1.29, 1.82) is 0 Å². The molecule has 0 unspecified atom stereocenters. The minimum Gasteiger partial charge on any atom is -0.463 e. The van der Waals surface area contributed by atoms with Crippen molar-refractivity contribution in [1.82, 2.24) is 0 Å². The highest BCUT2D eigenvalue weighted by Crippen LogP contribution is 2.47. The van der Waals surface area contributed by atoms with Crippen LogP contribution in [0.15, 0.2) is 11.3 Å². The number of allylic oxidation sites excluding steroid dienone is 1. The molecule has 0 aromatic heterocycles. The van der Waals surface area contributed by atoms with Crippen LogP contribution in [0.5, 0.6) is 0 Å². The molecule has 1 N–H and O–H groups in total. The van der Waals surface area contributed by atoms with Gasteiger partial charge in [0, 0.05) is 12.3 Å². The molecule has 3 heterocycles. The summed E-state index contributed by atoms with van der Waals surface area (Å²) in [6, 6.07) is 0. The summed E-state index contributed by atoms with van der Waals surface area (Å²) in [5, 5.41) is 10.3. The number of carbonyl (C=O) groups excluding carboxylic acids is 1. The Morgan fingerprint density at radius 1 is 1.61 bits per heavy atom. The molecule has 0 spiro atoms. The van der Waals surface area contributed by atoms with Crippen LogP contribution in [0.25, 0.3) is 0 Å². The van der Waals surface area contributed by atoms with E-state index in [0.29, 0.717) is 31.0 Å². The van der Waals surface area contributed by atoms with Crippen LogP contribution in [0.4, 0.5) is 0 Å². The molecule has 0 amide bonds. The first-order valence-electron chi connectivity index (χ1n) is 6.11. The highest BCUT2D eigenvalue weighted by atomic mass is 16.8. The quantitative estimate of drug-likeness (QED) is 0.716. The van der Waals surface area contributed by atoms with Crippen LogP contribution in [0.3, 0.4) is 0 Å². The van der Waals surface area contributed by atoms with Gasteiger partial charge in [-0.3, -0.25) is 0 Å². The van der Waals surface area contributed by atoms with Crippen LogP contribution in [0, 0.1) is 5.92 Å². The second-order valence-electron chi connectivity index (χ2n) is 4.79. The van der Waals surface area contributed by atoms with E-state index in [-0.39, 0.29) is 12.0 Å². The molecule has 0 aromatic rings. The number of hydrogen-bond acceptors (Lipinski definition) is 6. The molecule has 3 aliphatic rings. The average Bonchev–Trinajstić information content (AvgIpc) is 2.73. The lowest BCUT2D eigenvalue weighted by atomic mass is 9.82. The maximum absolute atomic E-state index is 11.9. The molecule has 0 aromatic carbocycles. The lowest BCUT2D eigenvalue weighted by molar-refractivity contribution is -0.329. The van der Waals surface area contributed by atoms with Crippen molar-refractivity contribution in [2.24, 2.45) is 5.92 Å². The third-order valence-corrected chi connectivity index (χ3v) is 3.61. The van der Waals surface area contributed by atoms with Gasteiger partial charge < -0.3 is 24.1 Å². The molecular formula is C12H16O6. The van der Waals surface area contributed by atoms with Crippen LogP contribution >= 0.6 is 0 Å². The Balaban J connectivity index is 1.97. The second kappa shape index (κ2) is 3.94. The van der Waals surface area contributed by atoms with Gasteiger partial charge in [-0.15, -0.1) is 0 Å². The Kier molecular flexibility index (Phi) is 2.62. The van der Waals surface area contributed by atoms with Gasteiger partial charge in [0.25, 0.3) is 5.79 Å². The Morgan fingerprint density at radius 3 is 3.11 bits per heavy atom. The zero-order valence-electron chi connectivity index (χ0n) is 10.3. The molecule has 3 aliphatic heterocycles. The standard InChI is InChI=1S/C12H16O6/c1-3-15-10(13)9-6(2)18-12(14)4-7(9)8-5-16-11(12)17-8/h7-8,11,14H,3-5H2,1-2H3/t7-,8+,11-,12-/m0/s1. The number of hydrogen-bond donors (Lipinski definition) is 1. The van der Waals surface area contributed by atoms with Crippen LogP contribution < -0.4 is 0 Å². The SMILES string of the molecule is CCOC(=O)C1=C(C)O[C@@]2(O)C[C@H]1[C@H]1CO[C@H]2O1. The van der Waals surface area contributed by atoms with Gasteiger partial charge in [0.15, 0.2) is 0 Å². The predicted octanol–water partition coefficient (Wildman–Crippen LogP) is 0.304. The van der Waals surface area contributed by atoms with Crippen molar-refractivity contribution < 1.29 is 28.8 Å². The molecule has 2 fully saturated rings. The fourth-order valence-corrected chi connectivity index (χ4v) is 2.87. The van der Waals surface area contributed by atoms with Gasteiger partial charge in [-0.2, -0.15) is 0 Å². The van der Waals surface area contributed by atoms with Gasteiger partial charge in [0.1, 0.15) is 5.76 Å². The number of aliphatic hydroxyl groups is 1. The first kappa shape index (κ1) is 12.0. The van der Waals surface area contributed by atoms with E-state index in [9.17, 15) is 9.90 Å². The van der Waals surface area contributed by atoms with E-state index in [1.54, 1.807) is 13.8 Å². The van der Waals surface area contributed by atoms with Crippen LogP contribution in [0.2, 0.25) is 0 Å². The molecule has 18 heavy (non-hydrogen) atoms. The number of esters is 1. The smallest absolute Gasteiger partial charge is 0.337 e. The highest BCUT2D eigenvalue weighted by Gasteiger charge is 2.59. The molecule has 6 nitrogen and oxygen atoms in total. The van der Waals surface area contributed by atoms with Gasteiger partial charge in [0.2, 0.25) is 6.29 Å². The second-order valence-corrected chi connectivity index (χ2v) is 4.79. The third kappa shape index (κ3) is 1.56. The maximum Gasteiger partial charge on any atom is 0.337 e. The van der Waals surface area contributed by atoms with Crippen molar-refractivity contribution in [3.05, 3.63) is 11.3 Å². The Morgan fingerprint density at radius 2 is 2.39 bits per heavy atom. The summed E-state index contributed by atoms with van der Waals surface area (Å²) in [4.78, 5) is 11.9. The monoisotopic (exact) mass is 256 g/mol. The number of fused-ring (bicyclic) bond motifs is 6. The fourth-order valence-electron chi connectivity index (χ4n) is 2.87. The minimum absolute atomic E-state index is 0.214. The topological polar surface area (TPSA) is 74.2 Å². The van der Waals surface area contributed by atoms with Gasteiger partial charge in [-0.05, 0) is 13.8 Å². The van der Waals surface area contributed by atoms with E-state index in [1.807, 2.05) is 0 Å². The van der Waals surface area contributed by atoms with E-state index >= 15 is 0 Å². The summed E-state index contributed by atoms with van der Waals surface area (Å²) < 4.78 is 21.4. The molecule has 4 bridgehead atoms. The van der Waals surface area contributed by atoms with E-state index in [2.05, 4.69) is 0 Å². The van der Waals surface area contributed by atoms with E-state index in [4.69, 9.17) is 18.9 Å². The van der Waals surface area contributed by atoms with Crippen molar-refractivity contribution in [2.45, 2.75) is 38.4 Å². The molecular weight excluding hydrogens is 240 g/mol. The van der Waals surface area contributed by atoms with Crippen LogP contribution in [0.1, 0.15) is 20.3 Å². The first-order valence-corrected chi connectivity index (χ1v) is 6.11. The molecule has 100 valence electrons. The van der Waals surface area contributed by atoms with Crippen molar-refractivity contribution in [2.75, 3.05) is 13.2 Å². The Bertz CT molecular complexity index is 417. The Hall–Kier alpha value is -1.11. The zero-order chi connectivity index (χ0) is 12.9. The zero-order valence-corrected chi connectivity index (χ0v) is 10.3.